The normalized spacial score (nSPS) is 14.1. The zero-order chi connectivity index (χ0) is 12.8. The smallest absolute Gasteiger partial charge is 0.332 e. The lowest BCUT2D eigenvalue weighted by Gasteiger charge is -2.14. The number of halogens is 1. The van der Waals surface area contributed by atoms with Crippen molar-refractivity contribution in [3.8, 4) is 5.75 Å². The fourth-order valence-electron chi connectivity index (χ4n) is 1.32. The van der Waals surface area contributed by atoms with Crippen molar-refractivity contribution < 1.29 is 24.1 Å². The highest BCUT2D eigenvalue weighted by Gasteiger charge is 2.17. The largest absolute Gasteiger partial charge is 0.493 e. The van der Waals surface area contributed by atoms with Gasteiger partial charge in [0.2, 0.25) is 0 Å². The first-order valence-corrected chi connectivity index (χ1v) is 5.28. The zero-order valence-corrected chi connectivity index (χ0v) is 9.47. The number of carboxylic acid groups (broad SMARTS) is 1. The molecule has 0 heterocycles. The number of rotatable bonds is 6. The third-order valence-electron chi connectivity index (χ3n) is 2.26. The first kappa shape index (κ1) is 13.4. The molecule has 17 heavy (non-hydrogen) atoms. The Hall–Kier alpha value is -1.62. The van der Waals surface area contributed by atoms with Gasteiger partial charge in [0.25, 0.3) is 0 Å². The minimum absolute atomic E-state index is 0.105. The summed E-state index contributed by atoms with van der Waals surface area (Å²) in [6, 6.07) is 5.56. The van der Waals surface area contributed by atoms with E-state index in [1.165, 1.54) is 24.3 Å². The van der Waals surface area contributed by atoms with Crippen molar-refractivity contribution in [3.63, 3.8) is 0 Å². The maximum Gasteiger partial charge on any atom is 0.332 e. The molecule has 1 rings (SSSR count). The molecule has 4 nitrogen and oxygen atoms in total. The van der Waals surface area contributed by atoms with Crippen LogP contribution in [0.4, 0.5) is 4.39 Å². The van der Waals surface area contributed by atoms with Crippen molar-refractivity contribution in [2.75, 3.05) is 6.61 Å². The Bertz CT molecular complexity index is 363. The summed E-state index contributed by atoms with van der Waals surface area (Å²) in [5.74, 6) is -1.17. The van der Waals surface area contributed by atoms with E-state index >= 15 is 0 Å². The number of hydrogen-bond acceptors (Lipinski definition) is 3. The lowest BCUT2D eigenvalue weighted by molar-refractivity contribution is -0.147. The highest BCUT2D eigenvalue weighted by Crippen LogP contribution is 2.14. The molecule has 2 atom stereocenters. The number of carboxylic acids is 1. The monoisotopic (exact) mass is 242 g/mol. The lowest BCUT2D eigenvalue weighted by Crippen LogP contribution is -2.24. The minimum Gasteiger partial charge on any atom is -0.493 e. The molecule has 0 spiro atoms. The fourth-order valence-corrected chi connectivity index (χ4v) is 1.32. The van der Waals surface area contributed by atoms with Crippen LogP contribution in [0.3, 0.4) is 0 Å². The first-order valence-electron chi connectivity index (χ1n) is 5.28. The molecule has 0 aliphatic carbocycles. The quantitative estimate of drug-likeness (QED) is 0.796. The lowest BCUT2D eigenvalue weighted by atomic mass is 10.1. The van der Waals surface area contributed by atoms with Crippen LogP contribution < -0.4 is 4.74 Å². The third-order valence-corrected chi connectivity index (χ3v) is 2.26. The van der Waals surface area contributed by atoms with E-state index in [2.05, 4.69) is 0 Å². The maximum absolute atomic E-state index is 12.6. The number of aliphatic carboxylic acids is 1. The van der Waals surface area contributed by atoms with E-state index in [0.717, 1.165) is 0 Å². The number of aliphatic hydroxyl groups is 1. The molecule has 2 unspecified atom stereocenters. The van der Waals surface area contributed by atoms with Gasteiger partial charge in [0.05, 0.1) is 6.61 Å². The topological polar surface area (TPSA) is 66.8 Å². The van der Waals surface area contributed by atoms with E-state index in [-0.39, 0.29) is 24.8 Å². The second-order valence-corrected chi connectivity index (χ2v) is 3.96. The van der Waals surface area contributed by atoms with Crippen molar-refractivity contribution in [3.05, 3.63) is 30.1 Å². The number of carbonyl (C=O) groups is 1. The molecular weight excluding hydrogens is 227 g/mol. The highest BCUT2D eigenvalue weighted by atomic mass is 19.1. The van der Waals surface area contributed by atoms with Gasteiger partial charge in [-0.25, -0.2) is 9.18 Å². The summed E-state index contributed by atoms with van der Waals surface area (Å²) in [6.07, 6.45) is -1.25. The molecule has 0 amide bonds. The van der Waals surface area contributed by atoms with Gasteiger partial charge in [0, 0.05) is 0 Å². The van der Waals surface area contributed by atoms with Gasteiger partial charge >= 0.3 is 5.97 Å². The van der Waals surface area contributed by atoms with E-state index < -0.39 is 12.1 Å². The van der Waals surface area contributed by atoms with E-state index in [0.29, 0.717) is 5.75 Å². The Balaban J connectivity index is 2.35. The average molecular weight is 242 g/mol. The van der Waals surface area contributed by atoms with Crippen LogP contribution >= 0.6 is 0 Å². The molecule has 0 saturated carbocycles. The number of hydrogen-bond donors (Lipinski definition) is 2. The molecule has 5 heteroatoms. The van der Waals surface area contributed by atoms with E-state index in [1.54, 1.807) is 6.92 Å². The molecular formula is C12H15FO4. The molecule has 94 valence electrons. The van der Waals surface area contributed by atoms with Gasteiger partial charge in [-0.15, -0.1) is 0 Å². The van der Waals surface area contributed by atoms with Crippen molar-refractivity contribution in [2.24, 2.45) is 5.92 Å². The molecule has 0 aliphatic heterocycles. The summed E-state index contributed by atoms with van der Waals surface area (Å²) >= 11 is 0. The molecule has 0 fully saturated rings. The Morgan fingerprint density at radius 3 is 2.53 bits per heavy atom. The standard InChI is InChI=1S/C12H15FO4/c1-8(6-11(14)12(15)16)7-17-10-4-2-9(13)3-5-10/h2-5,8,11,14H,6-7H2,1H3,(H,15,16). The summed E-state index contributed by atoms with van der Waals surface area (Å²) < 4.78 is 17.9. The molecule has 1 aromatic carbocycles. The SMILES string of the molecule is CC(COc1ccc(F)cc1)CC(O)C(=O)O. The van der Waals surface area contributed by atoms with Crippen LogP contribution in [-0.2, 0) is 4.79 Å². The molecule has 1 aromatic rings. The summed E-state index contributed by atoms with van der Waals surface area (Å²) in [6.45, 7) is 2.05. The second-order valence-electron chi connectivity index (χ2n) is 3.96. The predicted octanol–water partition coefficient (Wildman–Crippen LogP) is 1.68. The fraction of sp³-hybridized carbons (Fsp3) is 0.417. The molecule has 0 radical (unpaired) electrons. The summed E-state index contributed by atoms with van der Waals surface area (Å²) in [5, 5.41) is 17.6. The highest BCUT2D eigenvalue weighted by molar-refractivity contribution is 5.71. The van der Waals surface area contributed by atoms with E-state index in [4.69, 9.17) is 14.9 Å². The zero-order valence-electron chi connectivity index (χ0n) is 9.47. The maximum atomic E-state index is 12.6. The average Bonchev–Trinajstić information content (AvgIpc) is 2.28. The number of aliphatic hydroxyl groups excluding tert-OH is 1. The summed E-state index contributed by atoms with van der Waals surface area (Å²) in [4.78, 5) is 10.4. The van der Waals surface area contributed by atoms with E-state index in [9.17, 15) is 9.18 Å². The van der Waals surface area contributed by atoms with Crippen molar-refractivity contribution in [1.29, 1.82) is 0 Å². The first-order chi connectivity index (χ1) is 7.99. The number of benzene rings is 1. The van der Waals surface area contributed by atoms with Gasteiger partial charge in [-0.1, -0.05) is 6.92 Å². The van der Waals surface area contributed by atoms with Crippen LogP contribution in [0.2, 0.25) is 0 Å². The Morgan fingerprint density at radius 1 is 1.41 bits per heavy atom. The Morgan fingerprint density at radius 2 is 2.00 bits per heavy atom. The summed E-state index contributed by atoms with van der Waals surface area (Å²) in [7, 11) is 0. The molecule has 2 N–H and O–H groups in total. The number of ether oxygens (including phenoxy) is 1. The molecule has 0 bridgehead atoms. The second kappa shape index (κ2) is 6.20. The van der Waals surface area contributed by atoms with Crippen LogP contribution in [0.5, 0.6) is 5.75 Å². The predicted molar refractivity (Wildman–Crippen MR) is 59.3 cm³/mol. The van der Waals surface area contributed by atoms with Crippen molar-refractivity contribution in [2.45, 2.75) is 19.4 Å². The van der Waals surface area contributed by atoms with Gasteiger partial charge in [-0.2, -0.15) is 0 Å². The van der Waals surface area contributed by atoms with Gasteiger partial charge in [-0.05, 0) is 36.6 Å². The van der Waals surface area contributed by atoms with E-state index in [1.807, 2.05) is 0 Å². The summed E-state index contributed by atoms with van der Waals surface area (Å²) in [5.41, 5.74) is 0. The van der Waals surface area contributed by atoms with Crippen LogP contribution in [-0.4, -0.2) is 28.9 Å². The van der Waals surface area contributed by atoms with Crippen LogP contribution in [0.15, 0.2) is 24.3 Å². The molecule has 0 saturated heterocycles. The molecule has 0 aliphatic rings. The molecule has 0 aromatic heterocycles. The van der Waals surface area contributed by atoms with Gasteiger partial charge in [-0.3, -0.25) is 0 Å². The van der Waals surface area contributed by atoms with Gasteiger partial charge in [0.1, 0.15) is 11.6 Å². The van der Waals surface area contributed by atoms with Crippen LogP contribution in [0.1, 0.15) is 13.3 Å². The Labute approximate surface area is 98.7 Å². The Kier molecular flexibility index (Phi) is 4.90. The van der Waals surface area contributed by atoms with Crippen molar-refractivity contribution in [1.82, 2.24) is 0 Å². The van der Waals surface area contributed by atoms with Crippen LogP contribution in [0, 0.1) is 11.7 Å². The van der Waals surface area contributed by atoms with Crippen LogP contribution in [0.25, 0.3) is 0 Å². The van der Waals surface area contributed by atoms with Gasteiger partial charge < -0.3 is 14.9 Å². The minimum atomic E-state index is -1.37. The third kappa shape index (κ3) is 4.82. The van der Waals surface area contributed by atoms with Gasteiger partial charge in [0.15, 0.2) is 6.10 Å². The van der Waals surface area contributed by atoms with Crippen molar-refractivity contribution >= 4 is 5.97 Å².